The third-order valence-electron chi connectivity index (χ3n) is 0. The van der Waals surface area contributed by atoms with Crippen LogP contribution < -0.4 is 29.4 Å². The van der Waals surface area contributed by atoms with E-state index in [4.69, 9.17) is 38.5 Å². The molecule has 0 aliphatic heterocycles. The molecule has 0 unspecified atom stereocenters. The minimum atomic E-state index is -5.39. The molecule has 8 nitrogen and oxygen atoms in total. The molecule has 0 rings (SSSR count). The Morgan fingerprint density at radius 2 is 0.538 bits per heavy atom. The number of phosphoric acid groups is 2. The van der Waals surface area contributed by atoms with E-state index in [2.05, 4.69) is 0 Å². The Balaban J connectivity index is -0.0000000267. The zero-order valence-electron chi connectivity index (χ0n) is 6.28. The first-order valence-electron chi connectivity index (χ1n) is 1.46. The van der Waals surface area contributed by atoms with Crippen molar-refractivity contribution in [3.05, 3.63) is 0 Å². The molecule has 0 atom stereocenters. The van der Waals surface area contributed by atoms with E-state index in [1.165, 1.54) is 0 Å². The largest absolute Gasteiger partial charge is 2.00 e. The fraction of sp³-hybridized carbons (Fsp3) is 0. The van der Waals surface area contributed by atoms with Crippen molar-refractivity contribution in [2.24, 2.45) is 0 Å². The van der Waals surface area contributed by atoms with Crippen molar-refractivity contribution in [1.29, 1.82) is 0 Å². The van der Waals surface area contributed by atoms with Crippen LogP contribution in [-0.4, -0.2) is 30.4 Å². The monoisotopic (exact) mass is 217 g/mol. The van der Waals surface area contributed by atoms with Crippen LogP contribution in [0.4, 0.5) is 0 Å². The Kier molecular flexibility index (Phi) is 24.3. The van der Waals surface area contributed by atoms with E-state index in [1.54, 1.807) is 0 Å². The van der Waals surface area contributed by atoms with E-state index < -0.39 is 15.6 Å². The maximum atomic E-state index is 8.55. The molecule has 0 spiro atoms. The summed E-state index contributed by atoms with van der Waals surface area (Å²) in [5.41, 5.74) is 0. The Hall–Kier alpha value is 0.726. The van der Waals surface area contributed by atoms with Gasteiger partial charge in [-0.15, -0.1) is 0 Å². The third kappa shape index (κ3) is 2770. The first-order chi connectivity index (χ1) is 4.00. The van der Waals surface area contributed by atoms with Crippen molar-refractivity contribution in [3.63, 3.8) is 0 Å². The molecule has 0 N–H and O–H groups in total. The minimum absolute atomic E-state index is 0. The molecule has 0 amide bonds. The van der Waals surface area contributed by atoms with Gasteiger partial charge in [0.1, 0.15) is 0 Å². The molecule has 13 heteroatoms. The summed E-state index contributed by atoms with van der Waals surface area (Å²) in [6.07, 6.45) is 0. The smallest absolute Gasteiger partial charge is 0.822 e. The molecule has 0 saturated carbocycles. The van der Waals surface area contributed by atoms with E-state index in [0.717, 1.165) is 0 Å². The number of hydrogen-bond acceptors (Lipinski definition) is 8. The maximum Gasteiger partial charge on any atom is 2.00 e. The fourth-order valence-electron chi connectivity index (χ4n) is 0. The van der Waals surface area contributed by atoms with Gasteiger partial charge >= 0.3 is 30.4 Å². The zero-order chi connectivity index (χ0) is 9.00. The van der Waals surface area contributed by atoms with Gasteiger partial charge in [-0.2, -0.15) is 15.6 Å². The van der Waals surface area contributed by atoms with Crippen LogP contribution in [0.2, 0.25) is 0 Å². The van der Waals surface area contributed by atoms with Crippen LogP contribution >= 0.6 is 15.6 Å². The molecule has 0 aromatic rings. The molecule has 0 aliphatic rings. The molecule has 0 bridgehead atoms. The van der Waals surface area contributed by atoms with Gasteiger partial charge in [0.05, 0.1) is 0 Å². The molecule has 0 aliphatic carbocycles. The van der Waals surface area contributed by atoms with Crippen molar-refractivity contribution in [2.75, 3.05) is 0 Å². The van der Waals surface area contributed by atoms with Gasteiger partial charge < -0.3 is 38.5 Å². The van der Waals surface area contributed by atoms with Crippen LogP contribution in [0.25, 0.3) is 0 Å². The van der Waals surface area contributed by atoms with Gasteiger partial charge in [-0.1, -0.05) is 0 Å². The van der Waals surface area contributed by atoms with E-state index in [1.807, 2.05) is 0 Å². The van der Waals surface area contributed by atoms with Crippen LogP contribution in [0.15, 0.2) is 0 Å². The molecule has 64 valence electrons. The van der Waals surface area contributed by atoms with E-state index in [0.29, 0.717) is 0 Å². The van der Waals surface area contributed by atoms with Crippen LogP contribution in [0.3, 0.4) is 0 Å². The van der Waals surface area contributed by atoms with Gasteiger partial charge in [-0.05, 0) is 0 Å². The van der Waals surface area contributed by atoms with E-state index in [9.17, 15) is 0 Å². The van der Waals surface area contributed by atoms with Gasteiger partial charge in [-0.3, -0.25) is 0 Å². The molecule has 0 aromatic carbocycles. The summed E-state index contributed by atoms with van der Waals surface area (Å²) in [5.74, 6) is 0. The SMILES string of the molecule is O=P([O-])([O-])[O-].O=P([O-])([O-])[O-].[Be+2].[Be+2].[Be+2]. The topological polar surface area (TPSA) is 172 Å². The second kappa shape index (κ2) is 10.8. The Morgan fingerprint density at radius 3 is 0.538 bits per heavy atom. The molecule has 0 aromatic heterocycles. The fourth-order valence-corrected chi connectivity index (χ4v) is 0. The first-order valence-corrected chi connectivity index (χ1v) is 4.38. The Bertz CT molecular complexity index is 130. The normalized spacial score (nSPS) is 9.08. The number of hydrogen-bond donors (Lipinski definition) is 0. The van der Waals surface area contributed by atoms with Crippen LogP contribution in [0.1, 0.15) is 0 Å². The average Bonchev–Trinajstić information content (AvgIpc) is 1.12. The first kappa shape index (κ1) is 29.2. The van der Waals surface area contributed by atoms with Crippen molar-refractivity contribution in [3.8, 4) is 0 Å². The summed E-state index contributed by atoms with van der Waals surface area (Å²) < 4.78 is 17.1. The molecule has 13 heavy (non-hydrogen) atoms. The quantitative estimate of drug-likeness (QED) is 0.284. The third-order valence-corrected chi connectivity index (χ3v) is 0. The van der Waals surface area contributed by atoms with Crippen molar-refractivity contribution >= 4 is 46.0 Å². The molecule has 0 radical (unpaired) electrons. The molecular formula is Be3O8P2. The second-order valence-corrected chi connectivity index (χ2v) is 2.68. The van der Waals surface area contributed by atoms with Crippen molar-refractivity contribution in [1.82, 2.24) is 0 Å². The summed E-state index contributed by atoms with van der Waals surface area (Å²) >= 11 is 0. The molecule has 0 fully saturated rings. The second-order valence-electron chi connectivity index (χ2n) is 0.894. The van der Waals surface area contributed by atoms with E-state index >= 15 is 0 Å². The predicted molar refractivity (Wildman–Crippen MR) is 32.5 cm³/mol. The zero-order valence-corrected chi connectivity index (χ0v) is 8.07. The maximum absolute atomic E-state index is 8.55. The molecule has 0 saturated heterocycles. The molecule has 0 heterocycles. The average molecular weight is 217 g/mol. The van der Waals surface area contributed by atoms with Crippen molar-refractivity contribution < 1.29 is 38.5 Å². The number of rotatable bonds is 0. The summed E-state index contributed by atoms with van der Waals surface area (Å²) in [6, 6.07) is 0. The summed E-state index contributed by atoms with van der Waals surface area (Å²) in [6.45, 7) is 0. The predicted octanol–water partition coefficient (Wildman–Crippen LogP) is -6.79. The van der Waals surface area contributed by atoms with Crippen molar-refractivity contribution in [2.45, 2.75) is 0 Å². The summed E-state index contributed by atoms with van der Waals surface area (Å²) in [5, 5.41) is 0. The van der Waals surface area contributed by atoms with Gasteiger partial charge in [0, 0.05) is 0 Å². The van der Waals surface area contributed by atoms with Crippen LogP contribution in [-0.2, 0) is 9.13 Å². The minimum Gasteiger partial charge on any atom is -0.822 e. The van der Waals surface area contributed by atoms with Crippen LogP contribution in [0.5, 0.6) is 0 Å². The molecular weight excluding hydrogens is 217 g/mol. The van der Waals surface area contributed by atoms with Gasteiger partial charge in [-0.25, -0.2) is 0 Å². The van der Waals surface area contributed by atoms with Gasteiger partial charge in [0.2, 0.25) is 0 Å². The summed E-state index contributed by atoms with van der Waals surface area (Å²) in [4.78, 5) is 51.3. The summed E-state index contributed by atoms with van der Waals surface area (Å²) in [7, 11) is -10.8. The Morgan fingerprint density at radius 1 is 0.538 bits per heavy atom. The van der Waals surface area contributed by atoms with E-state index in [-0.39, 0.29) is 30.4 Å². The Labute approximate surface area is 85.1 Å². The van der Waals surface area contributed by atoms with Crippen LogP contribution in [0, 0.1) is 0 Å². The van der Waals surface area contributed by atoms with Gasteiger partial charge in [0.25, 0.3) is 0 Å². The van der Waals surface area contributed by atoms with Gasteiger partial charge in [0.15, 0.2) is 0 Å². The standard InChI is InChI=1S/3Be.2H3O4P/c;;;2*1-5(2,3)4/h;;;2*(H3,1,2,3,4)/q3*+2;;/p-6.